The molecule has 14 heteroatoms. The number of hydrogen-bond acceptors (Lipinski definition) is 11. The summed E-state index contributed by atoms with van der Waals surface area (Å²) in [5, 5.41) is 14.7. The van der Waals surface area contributed by atoms with Crippen LogP contribution in [0.3, 0.4) is 0 Å². The molecule has 2 saturated heterocycles. The number of allylic oxidation sites excluding steroid dienone is 3. The molecular weight excluding hydrogens is 686 g/mol. The quantitative estimate of drug-likeness (QED) is 0.205. The lowest BCUT2D eigenvalue weighted by atomic mass is 9.83. The van der Waals surface area contributed by atoms with Crippen LogP contribution in [0.15, 0.2) is 35.9 Å². The molecule has 2 N–H and O–H groups in total. The number of methoxy groups -OCH3 is 2. The zero-order chi connectivity index (χ0) is 37.1. The number of epoxide rings is 1. The second-order valence-electron chi connectivity index (χ2n) is 13.9. The Morgan fingerprint density at radius 1 is 1.28 bits per heavy atom. The third kappa shape index (κ3) is 8.55. The predicted octanol–water partition coefficient (Wildman–Crippen LogP) is 4.70. The number of fused-ring (bicyclic) bond motifs is 5. The number of likely N-dealkylation sites (N-methyl/N-ethyl adjacent to an activating group) is 1. The molecule has 0 radical (unpaired) electrons. The van der Waals surface area contributed by atoms with Crippen LogP contribution >= 0.6 is 24.2 Å². The van der Waals surface area contributed by atoms with E-state index in [-0.39, 0.29) is 24.8 Å². The van der Waals surface area contributed by atoms with E-state index in [1.54, 1.807) is 33.2 Å². The van der Waals surface area contributed by atoms with Crippen molar-refractivity contribution in [1.29, 1.82) is 0 Å². The summed E-state index contributed by atoms with van der Waals surface area (Å²) < 4.78 is 29.6. The van der Waals surface area contributed by atoms with Crippen LogP contribution in [-0.2, 0) is 35.0 Å². The highest BCUT2D eigenvalue weighted by atomic mass is 35.5. The Bertz CT molecular complexity index is 1490. The molecule has 0 saturated carbocycles. The third-order valence-electron chi connectivity index (χ3n) is 10.4. The highest BCUT2D eigenvalue weighted by Crippen LogP contribution is 2.49. The summed E-state index contributed by atoms with van der Waals surface area (Å²) in [5.41, 5.74) is -0.0414. The van der Waals surface area contributed by atoms with Gasteiger partial charge in [-0.3, -0.25) is 10.1 Å². The van der Waals surface area contributed by atoms with Crippen molar-refractivity contribution in [3.05, 3.63) is 46.5 Å². The van der Waals surface area contributed by atoms with Crippen LogP contribution in [0.25, 0.3) is 0 Å². The number of alkyl carbamates (subject to hydrolysis) is 1. The zero-order valence-electron chi connectivity index (χ0n) is 30.4. The third-order valence-corrected chi connectivity index (χ3v) is 11.0. The summed E-state index contributed by atoms with van der Waals surface area (Å²) >= 11 is 11.0. The summed E-state index contributed by atoms with van der Waals surface area (Å²) in [6.45, 7) is 9.36. The van der Waals surface area contributed by atoms with Crippen LogP contribution in [0, 0.1) is 5.92 Å². The topological polar surface area (TPSA) is 139 Å². The fourth-order valence-corrected chi connectivity index (χ4v) is 7.33. The maximum absolute atomic E-state index is 13.7. The first-order valence-corrected chi connectivity index (χ1v) is 17.9. The van der Waals surface area contributed by atoms with Crippen molar-refractivity contribution in [2.75, 3.05) is 39.0 Å². The molecule has 2 fully saturated rings. The SMILES string of the molecule is COc1cc2cc(c1Cl)N(C)C(C)C[C@H](OC(=O)[C@@H](C)N(C)C(=O)CCS)[C@]1(C)O[C@H]1[C@H](C)[C@@H]1C[C@@](O)(NC(=O)O1)[C@H](OC)/C=C/C=C(\C)C2. The maximum Gasteiger partial charge on any atom is 0.409 e. The van der Waals surface area contributed by atoms with Gasteiger partial charge in [-0.05, 0) is 57.6 Å². The Morgan fingerprint density at radius 2 is 1.98 bits per heavy atom. The average molecular weight is 738 g/mol. The van der Waals surface area contributed by atoms with Crippen molar-refractivity contribution >= 4 is 47.9 Å². The minimum Gasteiger partial charge on any atom is -0.495 e. The molecule has 3 aliphatic rings. The molecule has 2 amide bonds. The first-order valence-electron chi connectivity index (χ1n) is 16.9. The summed E-state index contributed by atoms with van der Waals surface area (Å²) in [5.74, 6) is -0.344. The lowest BCUT2D eigenvalue weighted by Crippen LogP contribution is -2.63. The van der Waals surface area contributed by atoms with Crippen molar-refractivity contribution in [1.82, 2.24) is 10.2 Å². The number of nitrogens with zero attached hydrogens (tertiary/aromatic N) is 2. The number of thiol groups is 1. The Labute approximate surface area is 305 Å². The van der Waals surface area contributed by atoms with Crippen molar-refractivity contribution < 1.29 is 43.2 Å². The highest BCUT2D eigenvalue weighted by Gasteiger charge is 2.64. The first-order chi connectivity index (χ1) is 23.5. The largest absolute Gasteiger partial charge is 0.495 e. The van der Waals surface area contributed by atoms with E-state index in [2.05, 4.69) is 17.9 Å². The second kappa shape index (κ2) is 16.1. The molecule has 3 heterocycles. The number of anilines is 1. The number of amides is 2. The van der Waals surface area contributed by atoms with E-state index < -0.39 is 59.8 Å². The molecule has 0 spiro atoms. The number of hydrogen-bond donors (Lipinski definition) is 3. The molecule has 4 rings (SSSR count). The average Bonchev–Trinajstić information content (AvgIpc) is 3.76. The van der Waals surface area contributed by atoms with Gasteiger partial charge in [-0.2, -0.15) is 12.6 Å². The van der Waals surface area contributed by atoms with Gasteiger partial charge in [0.15, 0.2) is 5.72 Å². The van der Waals surface area contributed by atoms with E-state index in [0.717, 1.165) is 16.8 Å². The Kier molecular flexibility index (Phi) is 12.9. The zero-order valence-corrected chi connectivity index (χ0v) is 32.0. The summed E-state index contributed by atoms with van der Waals surface area (Å²) in [6, 6.07) is 2.82. The van der Waals surface area contributed by atoms with Gasteiger partial charge in [0.1, 0.15) is 40.7 Å². The lowest BCUT2D eigenvalue weighted by Gasteiger charge is -2.42. The molecule has 1 aromatic rings. The van der Waals surface area contributed by atoms with E-state index in [4.69, 9.17) is 35.3 Å². The molecule has 1 aromatic carbocycles. The number of nitrogens with one attached hydrogen (secondary N) is 1. The monoisotopic (exact) mass is 737 g/mol. The van der Waals surface area contributed by atoms with Gasteiger partial charge in [0.2, 0.25) is 5.91 Å². The molecule has 3 aliphatic heterocycles. The number of halogens is 1. The molecular formula is C36H52ClN3O9S. The molecule has 12 nitrogen and oxygen atoms in total. The predicted molar refractivity (Wildman–Crippen MR) is 194 cm³/mol. The van der Waals surface area contributed by atoms with Gasteiger partial charge in [-0.15, -0.1) is 0 Å². The molecule has 4 bridgehead atoms. The van der Waals surface area contributed by atoms with E-state index in [1.165, 1.54) is 12.0 Å². The number of ether oxygens (including phenoxy) is 5. The fraction of sp³-hybridized carbons (Fsp3) is 0.639. The van der Waals surface area contributed by atoms with Gasteiger partial charge in [0.05, 0.1) is 18.9 Å². The van der Waals surface area contributed by atoms with Gasteiger partial charge < -0.3 is 38.6 Å². The van der Waals surface area contributed by atoms with Crippen molar-refractivity contribution in [3.8, 4) is 5.75 Å². The smallest absolute Gasteiger partial charge is 0.409 e. The van der Waals surface area contributed by atoms with Crippen LogP contribution in [0.2, 0.25) is 5.02 Å². The summed E-state index contributed by atoms with van der Waals surface area (Å²) in [7, 11) is 6.52. The van der Waals surface area contributed by atoms with E-state index in [0.29, 0.717) is 29.4 Å². The minimum absolute atomic E-state index is 0.0181. The van der Waals surface area contributed by atoms with Crippen molar-refractivity contribution in [3.63, 3.8) is 0 Å². The van der Waals surface area contributed by atoms with Crippen LogP contribution in [0.1, 0.15) is 59.4 Å². The molecule has 0 aromatic heterocycles. The first kappa shape index (κ1) is 39.8. The summed E-state index contributed by atoms with van der Waals surface area (Å²) in [6.07, 6.45) is 2.81. The van der Waals surface area contributed by atoms with Crippen molar-refractivity contribution in [2.45, 2.75) is 108 Å². The molecule has 0 aliphatic carbocycles. The van der Waals surface area contributed by atoms with Crippen LogP contribution in [-0.4, -0.2) is 110 Å². The number of esters is 1. The number of aliphatic hydroxyl groups is 1. The molecule has 278 valence electrons. The molecule has 50 heavy (non-hydrogen) atoms. The summed E-state index contributed by atoms with van der Waals surface area (Å²) in [4.78, 5) is 42.5. The van der Waals surface area contributed by atoms with Gasteiger partial charge in [0.25, 0.3) is 0 Å². The molecule has 9 atom stereocenters. The second-order valence-corrected chi connectivity index (χ2v) is 14.7. The van der Waals surface area contributed by atoms with Gasteiger partial charge in [0, 0.05) is 52.4 Å². The normalized spacial score (nSPS) is 33.8. The minimum atomic E-state index is -1.77. The maximum atomic E-state index is 13.7. The Morgan fingerprint density at radius 3 is 2.62 bits per heavy atom. The number of carbonyl (C=O) groups excluding carboxylic acids is 3. The fourth-order valence-electron chi connectivity index (χ4n) is 6.82. The van der Waals surface area contributed by atoms with Gasteiger partial charge in [-0.25, -0.2) is 9.59 Å². The Balaban J connectivity index is 1.77. The number of benzene rings is 1. The van der Waals surface area contributed by atoms with Gasteiger partial charge in [-0.1, -0.05) is 42.3 Å². The lowest BCUT2D eigenvalue weighted by molar-refractivity contribution is -0.161. The van der Waals surface area contributed by atoms with E-state index in [9.17, 15) is 19.5 Å². The number of carbonyl (C=O) groups is 3. The van der Waals surface area contributed by atoms with E-state index in [1.807, 2.05) is 57.9 Å². The number of rotatable bonds is 7. The van der Waals surface area contributed by atoms with Crippen LogP contribution in [0.4, 0.5) is 10.5 Å². The Hall–Kier alpha value is -2.97. The van der Waals surface area contributed by atoms with Crippen molar-refractivity contribution in [2.24, 2.45) is 5.92 Å². The standard InChI is InChI=1S/C36H52ClN3O9S/c1-20-11-10-12-28(46-9)36(44)19-27(47-34(43)38-36)22(3)32-35(5,49-32)29(48-33(42)23(4)40(7)30(41)13-14-50)16-21(2)39(6)25-17-24(15-20)18-26(45-8)31(25)37/h10-12,17-18,21-23,27-29,32,44,50H,13-16,19H2,1-9H3,(H,38,43)/b12-10+,20-11+/t21?,22-,23-,27+,28-,29+,32+,35+,36+/m1/s1. The van der Waals surface area contributed by atoms with Crippen LogP contribution in [0.5, 0.6) is 5.75 Å². The molecule has 1 unspecified atom stereocenters. The van der Waals surface area contributed by atoms with Gasteiger partial charge >= 0.3 is 12.1 Å². The highest BCUT2D eigenvalue weighted by molar-refractivity contribution is 7.80. The van der Waals surface area contributed by atoms with E-state index >= 15 is 0 Å². The van der Waals surface area contributed by atoms with Crippen LogP contribution < -0.4 is 15.0 Å².